The Bertz CT molecular complexity index is 1300. The van der Waals surface area contributed by atoms with Crippen molar-refractivity contribution in [2.24, 2.45) is 5.73 Å². The van der Waals surface area contributed by atoms with E-state index in [1.165, 1.54) is 24.3 Å². The Morgan fingerprint density at radius 3 is 2.44 bits per heavy atom. The number of anilines is 2. The van der Waals surface area contributed by atoms with Gasteiger partial charge in [-0.25, -0.2) is 27.6 Å². The second-order valence-corrected chi connectivity index (χ2v) is 10.1. The van der Waals surface area contributed by atoms with Crippen LogP contribution in [-0.2, 0) is 25.1 Å². The average Bonchev–Trinajstić information content (AvgIpc) is 2.88. The molecule has 36 heavy (non-hydrogen) atoms. The van der Waals surface area contributed by atoms with Crippen LogP contribution < -0.4 is 16.0 Å². The van der Waals surface area contributed by atoms with Crippen molar-refractivity contribution in [1.82, 2.24) is 9.97 Å². The van der Waals surface area contributed by atoms with Gasteiger partial charge in [-0.3, -0.25) is 0 Å². The highest BCUT2D eigenvalue weighted by molar-refractivity contribution is 7.90. The second-order valence-electron chi connectivity index (χ2n) is 8.09. The summed E-state index contributed by atoms with van der Waals surface area (Å²) >= 11 is 0. The van der Waals surface area contributed by atoms with Crippen LogP contribution in [0, 0.1) is 5.82 Å². The second kappa shape index (κ2) is 11.3. The molecule has 1 amide bonds. The number of nitrogens with one attached hydrogen (secondary N) is 1. The average molecular weight is 516 g/mol. The smallest absolute Gasteiger partial charge is 0.404 e. The van der Waals surface area contributed by atoms with Crippen molar-refractivity contribution in [3.63, 3.8) is 0 Å². The van der Waals surface area contributed by atoms with Crippen molar-refractivity contribution in [3.8, 4) is 11.1 Å². The maximum atomic E-state index is 13.3. The molecule has 0 aliphatic carbocycles. The monoisotopic (exact) mass is 515 g/mol. The van der Waals surface area contributed by atoms with Gasteiger partial charge < -0.3 is 25.4 Å². The van der Waals surface area contributed by atoms with E-state index in [4.69, 9.17) is 10.5 Å². The van der Waals surface area contributed by atoms with Crippen LogP contribution in [0.4, 0.5) is 20.8 Å². The summed E-state index contributed by atoms with van der Waals surface area (Å²) in [7, 11) is -3.73. The van der Waals surface area contributed by atoms with Crippen LogP contribution >= 0.6 is 0 Å². The van der Waals surface area contributed by atoms with Crippen molar-refractivity contribution in [2.75, 3.05) is 49.7 Å². The molecule has 4 rings (SSSR count). The lowest BCUT2D eigenvalue weighted by Crippen LogP contribution is -2.36. The summed E-state index contributed by atoms with van der Waals surface area (Å²) in [5.41, 5.74) is 7.44. The lowest BCUT2D eigenvalue weighted by atomic mass is 10.1. The van der Waals surface area contributed by atoms with Crippen LogP contribution in [0.25, 0.3) is 11.1 Å². The summed E-state index contributed by atoms with van der Waals surface area (Å²) in [6.45, 7) is 2.70. The molecule has 0 radical (unpaired) electrons. The SMILES string of the molecule is NC(=O)OCCNc1ncc(-c2cc(N3CCOCC3)cc(S(=O)(=O)Cc3ccc(F)cc3)c2)cn1. The van der Waals surface area contributed by atoms with E-state index in [2.05, 4.69) is 24.9 Å². The molecule has 0 bridgehead atoms. The van der Waals surface area contributed by atoms with Gasteiger partial charge in [0.25, 0.3) is 0 Å². The summed E-state index contributed by atoms with van der Waals surface area (Å²) in [6, 6.07) is 10.6. The van der Waals surface area contributed by atoms with E-state index in [1.807, 2.05) is 6.07 Å². The molecule has 1 saturated heterocycles. The van der Waals surface area contributed by atoms with Crippen LogP contribution in [0.1, 0.15) is 5.56 Å². The first-order valence-corrected chi connectivity index (χ1v) is 12.9. The van der Waals surface area contributed by atoms with Crippen LogP contribution in [0.2, 0.25) is 0 Å². The van der Waals surface area contributed by atoms with Crippen molar-refractivity contribution in [3.05, 3.63) is 66.2 Å². The third kappa shape index (κ3) is 6.67. The van der Waals surface area contributed by atoms with E-state index in [-0.39, 0.29) is 23.8 Å². The van der Waals surface area contributed by atoms with E-state index in [1.54, 1.807) is 24.5 Å². The summed E-state index contributed by atoms with van der Waals surface area (Å²) in [5.74, 6) is -0.363. The zero-order chi connectivity index (χ0) is 25.5. The van der Waals surface area contributed by atoms with Crippen LogP contribution in [0.5, 0.6) is 0 Å². The molecule has 1 aromatic heterocycles. The first-order valence-electron chi connectivity index (χ1n) is 11.2. The van der Waals surface area contributed by atoms with Gasteiger partial charge >= 0.3 is 6.09 Å². The van der Waals surface area contributed by atoms with E-state index in [9.17, 15) is 17.6 Å². The minimum absolute atomic E-state index is 0.0668. The molecule has 2 heterocycles. The third-order valence-electron chi connectivity index (χ3n) is 5.51. The highest BCUT2D eigenvalue weighted by Crippen LogP contribution is 2.31. The number of nitrogens with zero attached hydrogens (tertiary/aromatic N) is 3. The van der Waals surface area contributed by atoms with Gasteiger partial charge in [-0.1, -0.05) is 12.1 Å². The fourth-order valence-electron chi connectivity index (χ4n) is 3.70. The number of amides is 1. The third-order valence-corrected chi connectivity index (χ3v) is 7.18. The van der Waals surface area contributed by atoms with Gasteiger partial charge in [-0.15, -0.1) is 0 Å². The lowest BCUT2D eigenvalue weighted by Gasteiger charge is -2.29. The molecule has 0 unspecified atom stereocenters. The number of hydrogen-bond acceptors (Lipinski definition) is 9. The number of benzene rings is 2. The standard InChI is InChI=1S/C24H26FN5O5S/c25-20-3-1-17(2-4-20)16-36(32,33)22-12-18(11-21(13-22)30-6-9-34-10-7-30)19-14-28-24(29-15-19)27-5-8-35-23(26)31/h1-4,11-15H,5-10,16H2,(H2,26,31)(H,27,28,29). The minimum atomic E-state index is -3.73. The Kier molecular flexibility index (Phi) is 7.96. The number of rotatable bonds is 9. The van der Waals surface area contributed by atoms with E-state index in [0.717, 1.165) is 5.69 Å². The minimum Gasteiger partial charge on any atom is -0.448 e. The first-order chi connectivity index (χ1) is 17.3. The van der Waals surface area contributed by atoms with Crippen molar-refractivity contribution >= 4 is 27.6 Å². The van der Waals surface area contributed by atoms with Gasteiger partial charge in [0.2, 0.25) is 5.95 Å². The Balaban J connectivity index is 1.61. The number of hydrogen-bond donors (Lipinski definition) is 2. The number of carbonyl (C=O) groups is 1. The predicted molar refractivity (Wildman–Crippen MR) is 132 cm³/mol. The van der Waals surface area contributed by atoms with Gasteiger partial charge in [-0.2, -0.15) is 0 Å². The number of aromatic nitrogens is 2. The molecule has 0 saturated carbocycles. The fraction of sp³-hybridized carbons (Fsp3) is 0.292. The van der Waals surface area contributed by atoms with Crippen molar-refractivity contribution in [1.29, 1.82) is 0 Å². The zero-order valence-electron chi connectivity index (χ0n) is 19.4. The first kappa shape index (κ1) is 25.3. The molecule has 1 aliphatic heterocycles. The molecule has 10 nitrogen and oxygen atoms in total. The van der Waals surface area contributed by atoms with Crippen LogP contribution in [0.15, 0.2) is 59.8 Å². The quantitative estimate of drug-likeness (QED) is 0.412. The number of halogens is 1. The summed E-state index contributed by atoms with van der Waals surface area (Å²) in [5, 5.41) is 2.91. The maximum absolute atomic E-state index is 13.3. The van der Waals surface area contributed by atoms with E-state index < -0.39 is 21.7 Å². The zero-order valence-corrected chi connectivity index (χ0v) is 20.2. The number of sulfone groups is 1. The topological polar surface area (TPSA) is 137 Å². The molecular weight excluding hydrogens is 489 g/mol. The summed E-state index contributed by atoms with van der Waals surface area (Å²) < 4.78 is 50.0. The highest BCUT2D eigenvalue weighted by Gasteiger charge is 2.21. The molecule has 1 fully saturated rings. The molecule has 3 N–H and O–H groups in total. The Labute approximate surface area is 208 Å². The van der Waals surface area contributed by atoms with Gasteiger partial charge in [0, 0.05) is 36.7 Å². The lowest BCUT2D eigenvalue weighted by molar-refractivity contribution is 0.122. The highest BCUT2D eigenvalue weighted by atomic mass is 32.2. The Morgan fingerprint density at radius 1 is 1.08 bits per heavy atom. The maximum Gasteiger partial charge on any atom is 0.404 e. The van der Waals surface area contributed by atoms with Gasteiger partial charge in [0.15, 0.2) is 9.84 Å². The van der Waals surface area contributed by atoms with Crippen molar-refractivity contribution < 1.29 is 27.1 Å². The molecule has 2 aromatic carbocycles. The molecule has 0 atom stereocenters. The van der Waals surface area contributed by atoms with Crippen molar-refractivity contribution in [2.45, 2.75) is 10.6 Å². The number of nitrogens with two attached hydrogens (primary N) is 1. The number of primary amides is 1. The summed E-state index contributed by atoms with van der Waals surface area (Å²) in [4.78, 5) is 21.4. The molecule has 3 aromatic rings. The van der Waals surface area contributed by atoms with Crippen LogP contribution in [0.3, 0.4) is 0 Å². The molecule has 12 heteroatoms. The number of ether oxygens (including phenoxy) is 2. The Hall–Kier alpha value is -3.77. The molecule has 0 spiro atoms. The van der Waals surface area contributed by atoms with E-state index in [0.29, 0.717) is 48.9 Å². The molecular formula is C24H26FN5O5S. The van der Waals surface area contributed by atoms with Crippen LogP contribution in [-0.4, -0.2) is 63.9 Å². The van der Waals surface area contributed by atoms with Gasteiger partial charge in [0.05, 0.1) is 30.4 Å². The normalized spacial score (nSPS) is 13.9. The predicted octanol–water partition coefficient (Wildman–Crippen LogP) is 2.60. The molecule has 1 aliphatic rings. The fourth-order valence-corrected chi connectivity index (χ4v) is 5.10. The largest absolute Gasteiger partial charge is 0.448 e. The Morgan fingerprint density at radius 2 is 1.78 bits per heavy atom. The number of morpholine rings is 1. The van der Waals surface area contributed by atoms with Gasteiger partial charge in [0.1, 0.15) is 12.4 Å². The van der Waals surface area contributed by atoms with Gasteiger partial charge in [-0.05, 0) is 41.5 Å². The van der Waals surface area contributed by atoms with E-state index >= 15 is 0 Å². The molecule has 190 valence electrons. The number of carbonyl (C=O) groups excluding carboxylic acids is 1. The summed E-state index contributed by atoms with van der Waals surface area (Å²) in [6.07, 6.45) is 2.30.